The monoisotopic (exact) mass is 366 g/mol. The van der Waals surface area contributed by atoms with Gasteiger partial charge in [-0.3, -0.25) is 4.57 Å². The topological polar surface area (TPSA) is 67.1 Å². The molecular formula is C20H23FN6. The Bertz CT molecular complexity index is 884. The van der Waals surface area contributed by atoms with Crippen LogP contribution < -0.4 is 10.6 Å². The van der Waals surface area contributed by atoms with Gasteiger partial charge in [-0.05, 0) is 43.2 Å². The molecule has 0 atom stereocenters. The van der Waals surface area contributed by atoms with Crippen LogP contribution in [0, 0.1) is 12.7 Å². The highest BCUT2D eigenvalue weighted by Crippen LogP contribution is 2.09. The molecule has 3 aromatic rings. The van der Waals surface area contributed by atoms with E-state index in [0.29, 0.717) is 19.0 Å². The number of nitrogens with one attached hydrogen (secondary N) is 2. The van der Waals surface area contributed by atoms with Crippen LogP contribution in [0.2, 0.25) is 0 Å². The maximum Gasteiger partial charge on any atom is 0.191 e. The third kappa shape index (κ3) is 5.13. The summed E-state index contributed by atoms with van der Waals surface area (Å²) in [5, 5.41) is 6.46. The van der Waals surface area contributed by atoms with Gasteiger partial charge in [0, 0.05) is 31.7 Å². The van der Waals surface area contributed by atoms with E-state index < -0.39 is 0 Å². The van der Waals surface area contributed by atoms with Crippen molar-refractivity contribution in [1.29, 1.82) is 0 Å². The molecule has 3 rings (SSSR count). The minimum absolute atomic E-state index is 0.235. The zero-order valence-electron chi connectivity index (χ0n) is 15.5. The van der Waals surface area contributed by atoms with E-state index in [4.69, 9.17) is 0 Å². The number of hydrogen-bond acceptors (Lipinski definition) is 3. The van der Waals surface area contributed by atoms with Crippen molar-refractivity contribution in [2.75, 3.05) is 6.54 Å². The predicted octanol–water partition coefficient (Wildman–Crippen LogP) is 2.97. The Morgan fingerprint density at radius 3 is 2.48 bits per heavy atom. The Balaban J connectivity index is 1.62. The summed E-state index contributed by atoms with van der Waals surface area (Å²) in [5.41, 5.74) is 2.00. The molecule has 0 radical (unpaired) electrons. The molecule has 0 amide bonds. The molecule has 1 aromatic carbocycles. The van der Waals surface area contributed by atoms with Crippen molar-refractivity contribution in [3.8, 4) is 5.82 Å². The maximum atomic E-state index is 13.0. The van der Waals surface area contributed by atoms with E-state index in [1.165, 1.54) is 12.1 Å². The van der Waals surface area contributed by atoms with Gasteiger partial charge in [-0.15, -0.1) is 0 Å². The first kappa shape index (κ1) is 18.6. The van der Waals surface area contributed by atoms with Gasteiger partial charge in [-0.1, -0.05) is 18.2 Å². The Hall–Kier alpha value is -3.22. The number of imidazole rings is 1. The van der Waals surface area contributed by atoms with Gasteiger partial charge in [0.15, 0.2) is 5.96 Å². The lowest BCUT2D eigenvalue weighted by Gasteiger charge is -2.11. The summed E-state index contributed by atoms with van der Waals surface area (Å²) >= 11 is 0. The van der Waals surface area contributed by atoms with Crippen LogP contribution in [0.5, 0.6) is 0 Å². The second-order valence-electron chi connectivity index (χ2n) is 6.04. The van der Waals surface area contributed by atoms with Crippen LogP contribution in [0.1, 0.15) is 23.9 Å². The van der Waals surface area contributed by atoms with E-state index in [1.54, 1.807) is 18.3 Å². The van der Waals surface area contributed by atoms with E-state index >= 15 is 0 Å². The smallest absolute Gasteiger partial charge is 0.191 e. The molecular weight excluding hydrogens is 343 g/mol. The number of aryl methyl sites for hydroxylation is 1. The number of rotatable bonds is 6. The fraction of sp³-hybridized carbons (Fsp3) is 0.250. The molecule has 0 unspecified atom stereocenters. The van der Waals surface area contributed by atoms with Crippen LogP contribution in [-0.2, 0) is 13.1 Å². The summed E-state index contributed by atoms with van der Waals surface area (Å²) < 4.78 is 14.9. The lowest BCUT2D eigenvalue weighted by molar-refractivity contribution is 0.626. The molecule has 2 heterocycles. The zero-order valence-corrected chi connectivity index (χ0v) is 15.5. The maximum absolute atomic E-state index is 13.0. The number of hydrogen-bond donors (Lipinski definition) is 2. The van der Waals surface area contributed by atoms with Gasteiger partial charge in [0.1, 0.15) is 17.5 Å². The highest BCUT2D eigenvalue weighted by molar-refractivity contribution is 5.79. The minimum Gasteiger partial charge on any atom is -0.357 e. The quantitative estimate of drug-likeness (QED) is 0.520. The second-order valence-corrected chi connectivity index (χ2v) is 6.04. The van der Waals surface area contributed by atoms with Gasteiger partial charge in [0.25, 0.3) is 0 Å². The summed E-state index contributed by atoms with van der Waals surface area (Å²) in [6.45, 7) is 5.79. The number of guanidine groups is 1. The third-order valence-electron chi connectivity index (χ3n) is 4.02. The van der Waals surface area contributed by atoms with Crippen molar-refractivity contribution in [2.45, 2.75) is 26.9 Å². The zero-order chi connectivity index (χ0) is 19.1. The van der Waals surface area contributed by atoms with Crippen LogP contribution >= 0.6 is 0 Å². The number of aromatic nitrogens is 3. The Morgan fingerprint density at radius 2 is 1.85 bits per heavy atom. The van der Waals surface area contributed by atoms with Crippen LogP contribution in [0.25, 0.3) is 5.82 Å². The molecule has 2 aromatic heterocycles. The first-order chi connectivity index (χ1) is 13.2. The van der Waals surface area contributed by atoms with Crippen LogP contribution in [-0.4, -0.2) is 27.0 Å². The SMILES string of the molecule is CCNC(=NCc1ccc(-n2ccnc2C)nc1)NCc1ccc(F)cc1. The predicted molar refractivity (Wildman–Crippen MR) is 104 cm³/mol. The van der Waals surface area contributed by atoms with Gasteiger partial charge in [0.2, 0.25) is 0 Å². The van der Waals surface area contributed by atoms with Crippen molar-refractivity contribution in [1.82, 2.24) is 25.2 Å². The summed E-state index contributed by atoms with van der Waals surface area (Å²) in [6.07, 6.45) is 5.46. The van der Waals surface area contributed by atoms with E-state index in [1.807, 2.05) is 42.9 Å². The largest absolute Gasteiger partial charge is 0.357 e. The highest BCUT2D eigenvalue weighted by Gasteiger charge is 2.03. The van der Waals surface area contributed by atoms with E-state index in [2.05, 4.69) is 25.6 Å². The molecule has 0 bridgehead atoms. The number of nitrogens with zero attached hydrogens (tertiary/aromatic N) is 4. The Morgan fingerprint density at radius 1 is 1.07 bits per heavy atom. The fourth-order valence-electron chi connectivity index (χ4n) is 2.57. The summed E-state index contributed by atoms with van der Waals surface area (Å²) in [5.74, 6) is 2.20. The van der Waals surface area contributed by atoms with Gasteiger partial charge in [0.05, 0.1) is 6.54 Å². The lowest BCUT2D eigenvalue weighted by atomic mass is 10.2. The summed E-state index contributed by atoms with van der Waals surface area (Å²) in [4.78, 5) is 13.3. The van der Waals surface area contributed by atoms with Crippen molar-refractivity contribution in [2.24, 2.45) is 4.99 Å². The van der Waals surface area contributed by atoms with Crippen LogP contribution in [0.3, 0.4) is 0 Å². The van der Waals surface area contributed by atoms with E-state index in [9.17, 15) is 4.39 Å². The lowest BCUT2D eigenvalue weighted by Crippen LogP contribution is -2.36. The number of pyridine rings is 1. The fourth-order valence-corrected chi connectivity index (χ4v) is 2.57. The number of benzene rings is 1. The van der Waals surface area contributed by atoms with Crippen LogP contribution in [0.4, 0.5) is 4.39 Å². The highest BCUT2D eigenvalue weighted by atomic mass is 19.1. The first-order valence-electron chi connectivity index (χ1n) is 8.87. The minimum atomic E-state index is -0.235. The number of aliphatic imine (C=N–C) groups is 1. The molecule has 27 heavy (non-hydrogen) atoms. The third-order valence-corrected chi connectivity index (χ3v) is 4.02. The molecule has 0 saturated carbocycles. The average molecular weight is 366 g/mol. The molecule has 6 nitrogen and oxygen atoms in total. The Kier molecular flexibility index (Phi) is 6.14. The molecule has 0 aliphatic heterocycles. The molecule has 0 saturated heterocycles. The molecule has 0 aliphatic rings. The van der Waals surface area contributed by atoms with Gasteiger partial charge >= 0.3 is 0 Å². The van der Waals surface area contributed by atoms with Crippen molar-refractivity contribution >= 4 is 5.96 Å². The molecule has 140 valence electrons. The standard InChI is InChI=1S/C20H23FN6/c1-3-22-20(25-12-16-4-7-18(21)8-5-16)26-14-17-6-9-19(24-13-17)27-11-10-23-15(27)2/h4-11,13H,3,12,14H2,1-2H3,(H2,22,25,26). The van der Waals surface area contributed by atoms with Crippen molar-refractivity contribution in [3.63, 3.8) is 0 Å². The van der Waals surface area contributed by atoms with Crippen molar-refractivity contribution in [3.05, 3.63) is 77.8 Å². The van der Waals surface area contributed by atoms with E-state index in [-0.39, 0.29) is 5.82 Å². The molecule has 2 N–H and O–H groups in total. The van der Waals surface area contributed by atoms with Gasteiger partial charge < -0.3 is 10.6 Å². The van der Waals surface area contributed by atoms with Gasteiger partial charge in [-0.25, -0.2) is 19.4 Å². The number of halogens is 1. The summed E-state index contributed by atoms with van der Waals surface area (Å²) in [6, 6.07) is 10.4. The average Bonchev–Trinajstić information content (AvgIpc) is 3.11. The molecule has 7 heteroatoms. The van der Waals surface area contributed by atoms with Crippen molar-refractivity contribution < 1.29 is 4.39 Å². The van der Waals surface area contributed by atoms with E-state index in [0.717, 1.165) is 29.3 Å². The molecule has 0 aliphatic carbocycles. The Labute approximate surface area is 158 Å². The second kappa shape index (κ2) is 8.93. The molecule has 0 fully saturated rings. The molecule has 0 spiro atoms. The normalized spacial score (nSPS) is 11.4. The van der Waals surface area contributed by atoms with Gasteiger partial charge in [-0.2, -0.15) is 0 Å². The van der Waals surface area contributed by atoms with Crippen LogP contribution in [0.15, 0.2) is 60.0 Å². The first-order valence-corrected chi connectivity index (χ1v) is 8.87. The summed E-state index contributed by atoms with van der Waals surface area (Å²) in [7, 11) is 0.